The van der Waals surface area contributed by atoms with Crippen molar-refractivity contribution in [1.29, 1.82) is 0 Å². The molecule has 72 valence electrons. The van der Waals surface area contributed by atoms with E-state index >= 15 is 0 Å². The van der Waals surface area contributed by atoms with Crippen LogP contribution in [0.2, 0.25) is 0 Å². The second kappa shape index (κ2) is 4.24. The van der Waals surface area contributed by atoms with E-state index < -0.39 is 0 Å². The van der Waals surface area contributed by atoms with Gasteiger partial charge in [-0.25, -0.2) is 0 Å². The number of hydrogen-bond donors (Lipinski definition) is 1. The molecule has 2 unspecified atom stereocenters. The first-order chi connectivity index (χ1) is 5.77. The van der Waals surface area contributed by atoms with E-state index in [2.05, 4.69) is 11.9 Å². The van der Waals surface area contributed by atoms with Gasteiger partial charge in [-0.3, -0.25) is 0 Å². The molecule has 0 aliphatic carbocycles. The van der Waals surface area contributed by atoms with Gasteiger partial charge in [-0.2, -0.15) is 0 Å². The van der Waals surface area contributed by atoms with Gasteiger partial charge in [0.05, 0.1) is 0 Å². The van der Waals surface area contributed by atoms with E-state index in [0.29, 0.717) is 6.04 Å². The Morgan fingerprint density at radius 2 is 1.50 bits per heavy atom. The Bertz CT molecular complexity index is 122. The Hall–Kier alpha value is -0.0800. The summed E-state index contributed by atoms with van der Waals surface area (Å²) in [5.74, 6) is 0. The average molecular weight is 170 g/mol. The van der Waals surface area contributed by atoms with Crippen LogP contribution in [0.15, 0.2) is 0 Å². The van der Waals surface area contributed by atoms with Crippen molar-refractivity contribution < 1.29 is 0 Å². The minimum atomic E-state index is 0.494. The monoisotopic (exact) mass is 170 g/mol. The van der Waals surface area contributed by atoms with Crippen LogP contribution in [-0.4, -0.2) is 30.1 Å². The fraction of sp³-hybridized carbons (Fsp3) is 1.00. The van der Waals surface area contributed by atoms with Gasteiger partial charge in [0.15, 0.2) is 0 Å². The topological polar surface area (TPSA) is 29.3 Å². The zero-order chi connectivity index (χ0) is 9.14. The van der Waals surface area contributed by atoms with Crippen LogP contribution < -0.4 is 5.73 Å². The Morgan fingerprint density at radius 3 is 1.92 bits per heavy atom. The molecule has 2 aliphatic heterocycles. The molecule has 2 aliphatic rings. The van der Waals surface area contributed by atoms with Crippen LogP contribution in [0.25, 0.3) is 0 Å². The normalized spacial score (nSPS) is 40.5. The molecule has 0 aromatic rings. The summed E-state index contributed by atoms with van der Waals surface area (Å²) < 4.78 is 0. The molecule has 0 spiro atoms. The molecular weight excluding hydrogens is 148 g/mol. The van der Waals surface area contributed by atoms with Crippen LogP contribution in [0.1, 0.15) is 39.5 Å². The molecule has 0 radical (unpaired) electrons. The van der Waals surface area contributed by atoms with E-state index in [1.807, 2.05) is 13.8 Å². The van der Waals surface area contributed by atoms with E-state index in [9.17, 15) is 0 Å². The summed E-state index contributed by atoms with van der Waals surface area (Å²) in [5, 5.41) is 0. The zero-order valence-electron chi connectivity index (χ0n) is 8.59. The van der Waals surface area contributed by atoms with Crippen molar-refractivity contribution >= 4 is 0 Å². The second-order valence-electron chi connectivity index (χ2n) is 3.78. The molecule has 2 nitrogen and oxygen atoms in total. The highest BCUT2D eigenvalue weighted by atomic mass is 15.2. The van der Waals surface area contributed by atoms with Gasteiger partial charge in [0, 0.05) is 18.1 Å². The number of fused-ring (bicyclic) bond motifs is 2. The molecule has 2 fully saturated rings. The van der Waals surface area contributed by atoms with Crippen molar-refractivity contribution in [3.05, 3.63) is 0 Å². The SMILES string of the molecule is CC.CN1C2CCC1CC(N)C2. The van der Waals surface area contributed by atoms with Crippen molar-refractivity contribution in [1.82, 2.24) is 4.90 Å². The van der Waals surface area contributed by atoms with E-state index in [0.717, 1.165) is 12.1 Å². The Morgan fingerprint density at radius 1 is 1.08 bits per heavy atom. The molecule has 0 aromatic carbocycles. The van der Waals surface area contributed by atoms with Gasteiger partial charge in [-0.1, -0.05) is 13.8 Å². The Kier molecular flexibility index (Phi) is 3.53. The van der Waals surface area contributed by atoms with E-state index in [1.54, 1.807) is 0 Å². The minimum absolute atomic E-state index is 0.494. The maximum atomic E-state index is 5.89. The fourth-order valence-corrected chi connectivity index (χ4v) is 2.45. The zero-order valence-corrected chi connectivity index (χ0v) is 8.59. The number of nitrogens with two attached hydrogens (primary N) is 1. The van der Waals surface area contributed by atoms with Crippen LogP contribution in [0.4, 0.5) is 0 Å². The van der Waals surface area contributed by atoms with Gasteiger partial charge in [0.2, 0.25) is 0 Å². The number of nitrogens with zero attached hydrogens (tertiary/aromatic N) is 1. The highest BCUT2D eigenvalue weighted by Gasteiger charge is 2.36. The lowest BCUT2D eigenvalue weighted by Crippen LogP contribution is -2.45. The van der Waals surface area contributed by atoms with Crippen molar-refractivity contribution in [2.45, 2.75) is 57.7 Å². The first kappa shape index (κ1) is 10.0. The summed E-state index contributed by atoms with van der Waals surface area (Å²) >= 11 is 0. The van der Waals surface area contributed by atoms with Crippen molar-refractivity contribution in [3.8, 4) is 0 Å². The molecule has 2 saturated heterocycles. The van der Waals surface area contributed by atoms with Crippen LogP contribution in [0.5, 0.6) is 0 Å². The van der Waals surface area contributed by atoms with E-state index in [-0.39, 0.29) is 0 Å². The molecule has 12 heavy (non-hydrogen) atoms. The summed E-state index contributed by atoms with van der Waals surface area (Å²) in [6.45, 7) is 4.00. The third kappa shape index (κ3) is 1.80. The van der Waals surface area contributed by atoms with E-state index in [1.165, 1.54) is 25.7 Å². The van der Waals surface area contributed by atoms with Crippen molar-refractivity contribution in [2.75, 3.05) is 7.05 Å². The highest BCUT2D eigenvalue weighted by Crippen LogP contribution is 2.33. The molecule has 2 heteroatoms. The lowest BCUT2D eigenvalue weighted by molar-refractivity contribution is 0.163. The summed E-state index contributed by atoms with van der Waals surface area (Å²) in [6.07, 6.45) is 5.23. The number of hydrogen-bond acceptors (Lipinski definition) is 2. The Labute approximate surface area is 76.1 Å². The second-order valence-corrected chi connectivity index (χ2v) is 3.78. The van der Waals surface area contributed by atoms with Crippen LogP contribution in [0, 0.1) is 0 Å². The van der Waals surface area contributed by atoms with Gasteiger partial charge in [0.25, 0.3) is 0 Å². The van der Waals surface area contributed by atoms with Gasteiger partial charge in [-0.05, 0) is 32.7 Å². The maximum Gasteiger partial charge on any atom is 0.0110 e. The predicted octanol–water partition coefficient (Wildman–Crippen LogP) is 1.60. The maximum absolute atomic E-state index is 5.89. The molecule has 2 N–H and O–H groups in total. The molecule has 2 atom stereocenters. The molecular formula is C10H22N2. The summed E-state index contributed by atoms with van der Waals surface area (Å²) in [7, 11) is 2.24. The lowest BCUT2D eigenvalue weighted by atomic mass is 9.99. The summed E-state index contributed by atoms with van der Waals surface area (Å²) in [6, 6.07) is 2.12. The van der Waals surface area contributed by atoms with Gasteiger partial charge in [0.1, 0.15) is 0 Å². The van der Waals surface area contributed by atoms with Crippen LogP contribution >= 0.6 is 0 Å². The predicted molar refractivity (Wildman–Crippen MR) is 53.1 cm³/mol. The molecule has 0 saturated carbocycles. The third-order valence-corrected chi connectivity index (χ3v) is 3.13. The molecule has 2 bridgehead atoms. The molecule has 0 amide bonds. The quantitative estimate of drug-likeness (QED) is 0.598. The number of rotatable bonds is 0. The standard InChI is InChI=1S/C8H16N2.C2H6/c1-10-7-2-3-8(10)5-6(9)4-7;1-2/h6-8H,2-5,9H2,1H3;1-2H3. The average Bonchev–Trinajstić information content (AvgIpc) is 2.35. The largest absolute Gasteiger partial charge is 0.328 e. The van der Waals surface area contributed by atoms with Gasteiger partial charge >= 0.3 is 0 Å². The summed E-state index contributed by atoms with van der Waals surface area (Å²) in [5.41, 5.74) is 5.89. The fourth-order valence-electron chi connectivity index (χ4n) is 2.45. The van der Waals surface area contributed by atoms with Gasteiger partial charge in [-0.15, -0.1) is 0 Å². The van der Waals surface area contributed by atoms with Crippen molar-refractivity contribution in [3.63, 3.8) is 0 Å². The first-order valence-electron chi connectivity index (χ1n) is 5.25. The molecule has 2 heterocycles. The Balaban J connectivity index is 0.000000336. The summed E-state index contributed by atoms with van der Waals surface area (Å²) in [4.78, 5) is 2.52. The van der Waals surface area contributed by atoms with Gasteiger partial charge < -0.3 is 10.6 Å². The number of piperidine rings is 1. The molecule has 0 aromatic heterocycles. The smallest absolute Gasteiger partial charge is 0.0110 e. The van der Waals surface area contributed by atoms with Crippen molar-refractivity contribution in [2.24, 2.45) is 5.73 Å². The lowest BCUT2D eigenvalue weighted by Gasteiger charge is -2.34. The first-order valence-corrected chi connectivity index (χ1v) is 5.25. The van der Waals surface area contributed by atoms with Crippen LogP contribution in [0.3, 0.4) is 0 Å². The minimum Gasteiger partial charge on any atom is -0.328 e. The third-order valence-electron chi connectivity index (χ3n) is 3.13. The van der Waals surface area contributed by atoms with Crippen LogP contribution in [-0.2, 0) is 0 Å². The highest BCUT2D eigenvalue weighted by molar-refractivity contribution is 4.94. The molecule has 2 rings (SSSR count). The van der Waals surface area contributed by atoms with E-state index in [4.69, 9.17) is 5.73 Å².